The zero-order chi connectivity index (χ0) is 7.44. The Hall–Kier alpha value is -0.640. The van der Waals surface area contributed by atoms with Crippen molar-refractivity contribution in [2.45, 2.75) is 0 Å². The lowest BCUT2D eigenvalue weighted by Gasteiger charge is -1.96. The van der Waals surface area contributed by atoms with Crippen molar-refractivity contribution in [3.63, 3.8) is 0 Å². The molecule has 0 amide bonds. The summed E-state index contributed by atoms with van der Waals surface area (Å²) in [5.41, 5.74) is 0. The van der Waals surface area contributed by atoms with Gasteiger partial charge in [0, 0.05) is 6.26 Å². The van der Waals surface area contributed by atoms with Crippen molar-refractivity contribution in [3.8, 4) is 0 Å². The molecule has 9 heavy (non-hydrogen) atoms. The molecule has 0 saturated heterocycles. The average Bonchev–Trinajstić information content (AvgIpc) is 1.84. The molecule has 3 nitrogen and oxygen atoms in total. The molecule has 0 rings (SSSR count). The summed E-state index contributed by atoms with van der Waals surface area (Å²) in [6.07, 6.45) is 1.37. The van der Waals surface area contributed by atoms with Gasteiger partial charge in [0.05, 0.1) is 17.9 Å². The summed E-state index contributed by atoms with van der Waals surface area (Å²) in [6, 6.07) is 0. The SMILES string of the molecule is C=C(C(=O)OC)S(C)=O. The van der Waals surface area contributed by atoms with E-state index in [0.29, 0.717) is 0 Å². The van der Waals surface area contributed by atoms with Crippen LogP contribution in [0.2, 0.25) is 0 Å². The van der Waals surface area contributed by atoms with Crippen molar-refractivity contribution in [3.05, 3.63) is 11.5 Å². The molecule has 0 heterocycles. The Morgan fingerprint density at radius 3 is 2.22 bits per heavy atom. The molecule has 0 bridgehead atoms. The van der Waals surface area contributed by atoms with Gasteiger partial charge in [-0.3, -0.25) is 4.21 Å². The van der Waals surface area contributed by atoms with Crippen molar-refractivity contribution in [1.29, 1.82) is 0 Å². The monoisotopic (exact) mass is 148 g/mol. The normalized spacial score (nSPS) is 12.2. The molecule has 0 aliphatic heterocycles. The molecule has 0 fully saturated rings. The van der Waals surface area contributed by atoms with Crippen LogP contribution in [0.1, 0.15) is 0 Å². The molecule has 1 atom stereocenters. The van der Waals surface area contributed by atoms with Gasteiger partial charge in [-0.2, -0.15) is 0 Å². The van der Waals surface area contributed by atoms with E-state index in [4.69, 9.17) is 0 Å². The number of hydrogen-bond acceptors (Lipinski definition) is 3. The van der Waals surface area contributed by atoms with Gasteiger partial charge in [0.1, 0.15) is 4.91 Å². The molecule has 1 unspecified atom stereocenters. The lowest BCUT2D eigenvalue weighted by Crippen LogP contribution is -2.06. The molecule has 0 aliphatic rings. The molecule has 4 heteroatoms. The van der Waals surface area contributed by atoms with E-state index in [1.807, 2.05) is 0 Å². The van der Waals surface area contributed by atoms with Gasteiger partial charge in [0.15, 0.2) is 0 Å². The highest BCUT2D eigenvalue weighted by molar-refractivity contribution is 7.89. The Morgan fingerprint density at radius 1 is 1.67 bits per heavy atom. The van der Waals surface area contributed by atoms with E-state index < -0.39 is 16.8 Å². The third kappa shape index (κ3) is 2.41. The molecule has 52 valence electrons. The Morgan fingerprint density at radius 2 is 2.11 bits per heavy atom. The summed E-state index contributed by atoms with van der Waals surface area (Å²) < 4.78 is 14.7. The van der Waals surface area contributed by atoms with Crippen LogP contribution in [0, 0.1) is 0 Å². The van der Waals surface area contributed by atoms with Crippen LogP contribution in [0.5, 0.6) is 0 Å². The van der Waals surface area contributed by atoms with Crippen LogP contribution in [-0.2, 0) is 20.3 Å². The van der Waals surface area contributed by atoms with Gasteiger partial charge in [0.25, 0.3) is 0 Å². The molecule has 0 radical (unpaired) electrons. The van der Waals surface area contributed by atoms with Crippen molar-refractivity contribution in [1.82, 2.24) is 0 Å². The topological polar surface area (TPSA) is 43.4 Å². The van der Waals surface area contributed by atoms with Crippen LogP contribution >= 0.6 is 0 Å². The van der Waals surface area contributed by atoms with Gasteiger partial charge >= 0.3 is 5.97 Å². The van der Waals surface area contributed by atoms with Gasteiger partial charge in [-0.25, -0.2) is 4.79 Å². The molecule has 0 N–H and O–H groups in total. The lowest BCUT2D eigenvalue weighted by molar-refractivity contribution is -0.135. The summed E-state index contributed by atoms with van der Waals surface area (Å²) in [5, 5.41) is 0. The Balaban J connectivity index is 4.05. The lowest BCUT2D eigenvalue weighted by atomic mass is 10.6. The van der Waals surface area contributed by atoms with E-state index in [2.05, 4.69) is 11.3 Å². The van der Waals surface area contributed by atoms with Crippen molar-refractivity contribution >= 4 is 16.8 Å². The molecule has 0 aliphatic carbocycles. The van der Waals surface area contributed by atoms with Crippen LogP contribution in [0.15, 0.2) is 11.5 Å². The quantitative estimate of drug-likeness (QED) is 0.410. The van der Waals surface area contributed by atoms with Gasteiger partial charge in [0.2, 0.25) is 0 Å². The standard InChI is InChI=1S/C5H8O3S/c1-4(9(3)7)5(6)8-2/h1H2,2-3H3. The van der Waals surface area contributed by atoms with E-state index in [-0.39, 0.29) is 4.91 Å². The molecule has 0 aromatic heterocycles. The van der Waals surface area contributed by atoms with Crippen LogP contribution in [0.4, 0.5) is 0 Å². The predicted octanol–water partition coefficient (Wildman–Crippen LogP) is 0.0516. The second-order valence-electron chi connectivity index (χ2n) is 1.37. The van der Waals surface area contributed by atoms with Crippen molar-refractivity contribution in [2.24, 2.45) is 0 Å². The van der Waals surface area contributed by atoms with E-state index in [1.54, 1.807) is 0 Å². The Kier molecular flexibility index (Phi) is 3.16. The second kappa shape index (κ2) is 3.40. The van der Waals surface area contributed by atoms with Crippen LogP contribution < -0.4 is 0 Å². The second-order valence-corrected chi connectivity index (χ2v) is 2.77. The maximum Gasteiger partial charge on any atom is 0.346 e. The van der Waals surface area contributed by atoms with Crippen LogP contribution in [0.3, 0.4) is 0 Å². The van der Waals surface area contributed by atoms with Crippen molar-refractivity contribution in [2.75, 3.05) is 13.4 Å². The number of methoxy groups -OCH3 is 1. The van der Waals surface area contributed by atoms with Gasteiger partial charge < -0.3 is 4.74 Å². The smallest absolute Gasteiger partial charge is 0.346 e. The Labute approximate surface area is 56.2 Å². The minimum atomic E-state index is -1.31. The number of hydrogen-bond donors (Lipinski definition) is 0. The first-order valence-electron chi connectivity index (χ1n) is 2.20. The fraction of sp³-hybridized carbons (Fsp3) is 0.400. The number of carbonyl (C=O) groups excluding carboxylic acids is 1. The zero-order valence-corrected chi connectivity index (χ0v) is 6.16. The van der Waals surface area contributed by atoms with Crippen LogP contribution in [-0.4, -0.2) is 23.5 Å². The minimum absolute atomic E-state index is 0.00231. The fourth-order valence-electron chi connectivity index (χ4n) is 0.231. The zero-order valence-electron chi connectivity index (χ0n) is 5.34. The Bertz CT molecular complexity index is 162. The fourth-order valence-corrected chi connectivity index (χ4v) is 0.549. The van der Waals surface area contributed by atoms with E-state index in [9.17, 15) is 9.00 Å². The highest BCUT2D eigenvalue weighted by Gasteiger charge is 2.08. The first-order chi connectivity index (χ1) is 4.09. The molecule has 0 spiro atoms. The highest BCUT2D eigenvalue weighted by Crippen LogP contribution is 1.96. The molecule has 0 aromatic rings. The third-order valence-corrected chi connectivity index (χ3v) is 1.62. The predicted molar refractivity (Wildman–Crippen MR) is 35.2 cm³/mol. The summed E-state index contributed by atoms with van der Waals surface area (Å²) in [6.45, 7) is 3.25. The molecular formula is C5H8O3S. The highest BCUT2D eigenvalue weighted by atomic mass is 32.2. The van der Waals surface area contributed by atoms with E-state index >= 15 is 0 Å². The average molecular weight is 148 g/mol. The first kappa shape index (κ1) is 8.36. The van der Waals surface area contributed by atoms with E-state index in [0.717, 1.165) is 0 Å². The molecule has 0 aromatic carbocycles. The van der Waals surface area contributed by atoms with Crippen LogP contribution in [0.25, 0.3) is 0 Å². The maximum atomic E-state index is 10.5. The van der Waals surface area contributed by atoms with E-state index in [1.165, 1.54) is 13.4 Å². The number of carbonyl (C=O) groups is 1. The minimum Gasteiger partial charge on any atom is -0.465 e. The largest absolute Gasteiger partial charge is 0.465 e. The summed E-state index contributed by atoms with van der Waals surface area (Å²) >= 11 is 0. The third-order valence-electron chi connectivity index (χ3n) is 0.760. The van der Waals surface area contributed by atoms with Gasteiger partial charge in [-0.1, -0.05) is 6.58 Å². The summed E-state index contributed by atoms with van der Waals surface area (Å²) in [7, 11) is -0.0867. The molecule has 0 saturated carbocycles. The number of esters is 1. The van der Waals surface area contributed by atoms with Gasteiger partial charge in [-0.15, -0.1) is 0 Å². The first-order valence-corrected chi connectivity index (χ1v) is 3.76. The summed E-state index contributed by atoms with van der Waals surface area (Å²) in [4.78, 5) is 10.4. The van der Waals surface area contributed by atoms with Crippen molar-refractivity contribution < 1.29 is 13.7 Å². The summed E-state index contributed by atoms with van der Waals surface area (Å²) in [5.74, 6) is -0.615. The molecular weight excluding hydrogens is 140 g/mol. The number of ether oxygens (including phenoxy) is 1. The number of rotatable bonds is 2. The van der Waals surface area contributed by atoms with Gasteiger partial charge in [-0.05, 0) is 0 Å². The maximum absolute atomic E-state index is 10.5.